The van der Waals surface area contributed by atoms with Gasteiger partial charge in [0.25, 0.3) is 0 Å². The molecule has 0 spiro atoms. The molecule has 0 bridgehead atoms. The fourth-order valence-electron chi connectivity index (χ4n) is 1.54. The molecule has 1 aromatic rings. The molecule has 0 aliphatic carbocycles. The number of aromatic carboxylic acids is 1. The van der Waals surface area contributed by atoms with Crippen LogP contribution in [0.15, 0.2) is 12.4 Å². The number of carboxylic acid groups (broad SMARTS) is 1. The fourth-order valence-corrected chi connectivity index (χ4v) is 1.54. The fraction of sp³-hybridized carbons (Fsp3) is 0.444. The number of rotatable bonds is 2. The lowest BCUT2D eigenvalue weighted by Gasteiger charge is -2.14. The summed E-state index contributed by atoms with van der Waals surface area (Å²) >= 11 is 0. The molecule has 2 heterocycles. The molecule has 74 valence electrons. The van der Waals surface area contributed by atoms with Crippen molar-refractivity contribution in [2.75, 3.05) is 18.0 Å². The van der Waals surface area contributed by atoms with Crippen molar-refractivity contribution in [3.8, 4) is 0 Å². The van der Waals surface area contributed by atoms with Crippen LogP contribution < -0.4 is 4.90 Å². The van der Waals surface area contributed by atoms with E-state index in [0.29, 0.717) is 0 Å². The largest absolute Gasteiger partial charge is 0.476 e. The standard InChI is InChI=1S/C9H11N3O2/c13-9(14)7-5-11-8(6-10-7)12-3-1-2-4-12/h5-6H,1-4H2,(H,13,14). The average Bonchev–Trinajstić information content (AvgIpc) is 2.71. The van der Waals surface area contributed by atoms with Gasteiger partial charge in [0.2, 0.25) is 0 Å². The topological polar surface area (TPSA) is 66.3 Å². The Labute approximate surface area is 81.4 Å². The van der Waals surface area contributed by atoms with Gasteiger partial charge < -0.3 is 10.0 Å². The highest BCUT2D eigenvalue weighted by Crippen LogP contribution is 2.15. The van der Waals surface area contributed by atoms with E-state index in [2.05, 4.69) is 14.9 Å². The third kappa shape index (κ3) is 1.66. The first-order valence-electron chi connectivity index (χ1n) is 4.57. The van der Waals surface area contributed by atoms with E-state index >= 15 is 0 Å². The van der Waals surface area contributed by atoms with Crippen LogP contribution in [0.5, 0.6) is 0 Å². The first-order valence-corrected chi connectivity index (χ1v) is 4.57. The Hall–Kier alpha value is -1.65. The highest BCUT2D eigenvalue weighted by Gasteiger charge is 2.14. The molecule has 1 fully saturated rings. The normalized spacial score (nSPS) is 15.9. The van der Waals surface area contributed by atoms with Gasteiger partial charge in [-0.05, 0) is 12.8 Å². The smallest absolute Gasteiger partial charge is 0.356 e. The number of aromatic nitrogens is 2. The van der Waals surface area contributed by atoms with Gasteiger partial charge in [0.15, 0.2) is 5.69 Å². The number of hydrogen-bond acceptors (Lipinski definition) is 4. The van der Waals surface area contributed by atoms with E-state index in [1.807, 2.05) is 0 Å². The van der Waals surface area contributed by atoms with Crippen LogP contribution in [0.3, 0.4) is 0 Å². The van der Waals surface area contributed by atoms with Crippen LogP contribution in [0.4, 0.5) is 5.82 Å². The van der Waals surface area contributed by atoms with Crippen molar-refractivity contribution < 1.29 is 9.90 Å². The molecule has 1 aromatic heterocycles. The third-order valence-electron chi connectivity index (χ3n) is 2.29. The van der Waals surface area contributed by atoms with Gasteiger partial charge in [0.1, 0.15) is 5.82 Å². The predicted octanol–water partition coefficient (Wildman–Crippen LogP) is 0.775. The van der Waals surface area contributed by atoms with Gasteiger partial charge in [0.05, 0.1) is 12.4 Å². The molecule has 1 aliphatic rings. The summed E-state index contributed by atoms with van der Waals surface area (Å²) in [5, 5.41) is 8.62. The molecule has 0 saturated carbocycles. The molecule has 0 atom stereocenters. The van der Waals surface area contributed by atoms with Gasteiger partial charge in [-0.3, -0.25) is 0 Å². The summed E-state index contributed by atoms with van der Waals surface area (Å²) in [5.41, 5.74) is -0.00653. The molecular formula is C9H11N3O2. The lowest BCUT2D eigenvalue weighted by atomic mass is 10.4. The lowest BCUT2D eigenvalue weighted by molar-refractivity contribution is 0.0690. The Morgan fingerprint density at radius 2 is 2.00 bits per heavy atom. The molecule has 0 unspecified atom stereocenters. The van der Waals surface area contributed by atoms with E-state index in [1.54, 1.807) is 0 Å². The minimum Gasteiger partial charge on any atom is -0.476 e. The summed E-state index contributed by atoms with van der Waals surface area (Å²) in [7, 11) is 0. The monoisotopic (exact) mass is 193 g/mol. The van der Waals surface area contributed by atoms with Crippen LogP contribution in [0.2, 0.25) is 0 Å². The molecule has 0 radical (unpaired) electrons. The summed E-state index contributed by atoms with van der Waals surface area (Å²) in [4.78, 5) is 20.5. The van der Waals surface area contributed by atoms with Gasteiger partial charge in [-0.25, -0.2) is 14.8 Å². The minimum absolute atomic E-state index is 0.00653. The van der Waals surface area contributed by atoms with Gasteiger partial charge in [0, 0.05) is 13.1 Å². The van der Waals surface area contributed by atoms with Gasteiger partial charge in [-0.1, -0.05) is 0 Å². The number of carboxylic acids is 1. The van der Waals surface area contributed by atoms with Crippen molar-refractivity contribution in [3.63, 3.8) is 0 Å². The second-order valence-electron chi connectivity index (χ2n) is 3.26. The molecule has 1 aliphatic heterocycles. The van der Waals surface area contributed by atoms with E-state index in [9.17, 15) is 4.79 Å². The van der Waals surface area contributed by atoms with Crippen LogP contribution >= 0.6 is 0 Å². The first kappa shape index (κ1) is 8.93. The Balaban J connectivity index is 2.16. The molecule has 1 N–H and O–H groups in total. The van der Waals surface area contributed by atoms with Crippen LogP contribution in [-0.4, -0.2) is 34.1 Å². The lowest BCUT2D eigenvalue weighted by Crippen LogP contribution is -2.19. The van der Waals surface area contributed by atoms with Gasteiger partial charge >= 0.3 is 5.97 Å². The maximum atomic E-state index is 10.5. The maximum Gasteiger partial charge on any atom is 0.356 e. The second kappa shape index (κ2) is 3.61. The number of anilines is 1. The molecule has 2 rings (SSSR count). The van der Waals surface area contributed by atoms with E-state index in [0.717, 1.165) is 18.9 Å². The predicted molar refractivity (Wildman–Crippen MR) is 50.4 cm³/mol. The molecule has 0 amide bonds. The van der Waals surface area contributed by atoms with Crippen molar-refractivity contribution >= 4 is 11.8 Å². The van der Waals surface area contributed by atoms with Crippen LogP contribution in [-0.2, 0) is 0 Å². The van der Waals surface area contributed by atoms with Crippen molar-refractivity contribution in [3.05, 3.63) is 18.1 Å². The van der Waals surface area contributed by atoms with Crippen molar-refractivity contribution in [1.29, 1.82) is 0 Å². The average molecular weight is 193 g/mol. The second-order valence-corrected chi connectivity index (χ2v) is 3.26. The summed E-state index contributed by atoms with van der Waals surface area (Å²) in [5.74, 6) is -0.266. The zero-order chi connectivity index (χ0) is 9.97. The first-order chi connectivity index (χ1) is 6.77. The van der Waals surface area contributed by atoms with Crippen molar-refractivity contribution in [2.45, 2.75) is 12.8 Å². The summed E-state index contributed by atoms with van der Waals surface area (Å²) in [6, 6.07) is 0. The molecule has 5 nitrogen and oxygen atoms in total. The van der Waals surface area contributed by atoms with Crippen molar-refractivity contribution in [2.24, 2.45) is 0 Å². The Bertz CT molecular complexity index is 330. The van der Waals surface area contributed by atoms with E-state index in [1.165, 1.54) is 25.2 Å². The molecule has 14 heavy (non-hydrogen) atoms. The SMILES string of the molecule is O=C(O)c1cnc(N2CCCC2)cn1. The molecule has 5 heteroatoms. The molecular weight excluding hydrogens is 182 g/mol. The quantitative estimate of drug-likeness (QED) is 0.751. The molecule has 0 aromatic carbocycles. The molecule has 1 saturated heterocycles. The zero-order valence-corrected chi connectivity index (χ0v) is 7.68. The van der Waals surface area contributed by atoms with E-state index in [4.69, 9.17) is 5.11 Å². The maximum absolute atomic E-state index is 10.5. The van der Waals surface area contributed by atoms with Gasteiger partial charge in [-0.15, -0.1) is 0 Å². The van der Waals surface area contributed by atoms with Crippen LogP contribution in [0, 0.1) is 0 Å². The number of hydrogen-bond donors (Lipinski definition) is 1. The van der Waals surface area contributed by atoms with E-state index < -0.39 is 5.97 Å². The Kier molecular flexibility index (Phi) is 2.30. The highest BCUT2D eigenvalue weighted by molar-refractivity contribution is 5.84. The third-order valence-corrected chi connectivity index (χ3v) is 2.29. The van der Waals surface area contributed by atoms with Gasteiger partial charge in [-0.2, -0.15) is 0 Å². The van der Waals surface area contributed by atoms with Crippen molar-refractivity contribution in [1.82, 2.24) is 9.97 Å². The van der Waals surface area contributed by atoms with Crippen LogP contribution in [0.1, 0.15) is 23.3 Å². The zero-order valence-electron chi connectivity index (χ0n) is 7.68. The Morgan fingerprint density at radius 3 is 2.50 bits per heavy atom. The summed E-state index contributed by atoms with van der Waals surface area (Å²) in [6.07, 6.45) is 5.16. The van der Waals surface area contributed by atoms with Crippen LogP contribution in [0.25, 0.3) is 0 Å². The Morgan fingerprint density at radius 1 is 1.29 bits per heavy atom. The minimum atomic E-state index is -1.04. The summed E-state index contributed by atoms with van der Waals surface area (Å²) in [6.45, 7) is 1.97. The number of carbonyl (C=O) groups is 1. The highest BCUT2D eigenvalue weighted by atomic mass is 16.4. The van der Waals surface area contributed by atoms with E-state index in [-0.39, 0.29) is 5.69 Å². The summed E-state index contributed by atoms with van der Waals surface area (Å²) < 4.78 is 0. The number of nitrogens with zero attached hydrogens (tertiary/aromatic N) is 3.